The molecule has 0 bridgehead atoms. The Morgan fingerprint density at radius 3 is 2.85 bits per heavy atom. The van der Waals surface area contributed by atoms with E-state index in [1.807, 2.05) is 0 Å². The summed E-state index contributed by atoms with van der Waals surface area (Å²) in [6, 6.07) is -0.0391. The second-order valence-corrected chi connectivity index (χ2v) is 8.88. The van der Waals surface area contributed by atoms with E-state index in [0.717, 1.165) is 37.0 Å². The van der Waals surface area contributed by atoms with E-state index in [0.29, 0.717) is 18.8 Å². The van der Waals surface area contributed by atoms with Gasteiger partial charge in [-0.1, -0.05) is 35.8 Å². The summed E-state index contributed by atoms with van der Waals surface area (Å²) in [7, 11) is -3.52. The molecule has 5 nitrogen and oxygen atoms in total. The second-order valence-electron chi connectivity index (χ2n) is 5.22. The summed E-state index contributed by atoms with van der Waals surface area (Å²) in [4.78, 5) is 4.02. The molecule has 2 unspecified atom stereocenters. The van der Waals surface area contributed by atoms with Gasteiger partial charge in [-0.25, -0.2) is 13.4 Å². The van der Waals surface area contributed by atoms with Crippen molar-refractivity contribution in [1.29, 1.82) is 0 Å². The third-order valence-corrected chi connectivity index (χ3v) is 7.73. The zero-order valence-corrected chi connectivity index (χ0v) is 13.6. The molecule has 3 rings (SSSR count). The first-order chi connectivity index (χ1) is 9.50. The average molecular weight is 337 g/mol. The quantitative estimate of drug-likeness (QED) is 0.832. The van der Waals surface area contributed by atoms with Crippen molar-refractivity contribution < 1.29 is 13.2 Å². The minimum atomic E-state index is -3.52. The molecule has 1 aliphatic carbocycles. The Bertz CT molecular complexity index is 600. The normalized spacial score (nSPS) is 28.3. The van der Waals surface area contributed by atoms with Gasteiger partial charge < -0.3 is 4.74 Å². The molecular formula is C12H17ClN2O3S2. The fourth-order valence-electron chi connectivity index (χ4n) is 3.06. The van der Waals surface area contributed by atoms with Crippen molar-refractivity contribution in [2.24, 2.45) is 0 Å². The number of aryl methyl sites for hydroxylation is 1. The fraction of sp³-hybridized carbons (Fsp3) is 0.750. The first-order valence-corrected chi connectivity index (χ1v) is 9.40. The molecule has 8 heteroatoms. The van der Waals surface area contributed by atoms with Gasteiger partial charge >= 0.3 is 0 Å². The number of morpholine rings is 1. The minimum Gasteiger partial charge on any atom is -0.375 e. The van der Waals surface area contributed by atoms with E-state index >= 15 is 0 Å². The fourth-order valence-corrected chi connectivity index (χ4v) is 6.57. The first kappa shape index (κ1) is 14.7. The maximum atomic E-state index is 12.9. The lowest BCUT2D eigenvalue weighted by atomic mass is 9.91. The number of sulfonamides is 1. The molecule has 0 aromatic carbocycles. The number of hydrogen-bond acceptors (Lipinski definition) is 5. The smallest absolute Gasteiger partial charge is 0.254 e. The molecule has 1 aromatic heterocycles. The van der Waals surface area contributed by atoms with Crippen LogP contribution in [0.1, 0.15) is 31.4 Å². The highest BCUT2D eigenvalue weighted by Crippen LogP contribution is 2.35. The number of ether oxygens (including phenoxy) is 1. The van der Waals surface area contributed by atoms with Crippen LogP contribution in [0.4, 0.5) is 0 Å². The highest BCUT2D eigenvalue weighted by atomic mass is 35.5. The van der Waals surface area contributed by atoms with Crippen LogP contribution >= 0.6 is 22.9 Å². The molecule has 0 spiro atoms. The van der Waals surface area contributed by atoms with Crippen LogP contribution in [-0.2, 0) is 14.8 Å². The monoisotopic (exact) mass is 336 g/mol. The number of halogens is 1. The Hall–Kier alpha value is -0.210. The van der Waals surface area contributed by atoms with Gasteiger partial charge in [0.15, 0.2) is 8.68 Å². The van der Waals surface area contributed by atoms with Crippen LogP contribution in [0.2, 0.25) is 4.47 Å². The summed E-state index contributed by atoms with van der Waals surface area (Å²) in [5.41, 5.74) is 0.485. The molecular weight excluding hydrogens is 320 g/mol. The third-order valence-electron chi connectivity index (χ3n) is 3.95. The molecule has 0 N–H and O–H groups in total. The van der Waals surface area contributed by atoms with Crippen LogP contribution < -0.4 is 0 Å². The Morgan fingerprint density at radius 2 is 2.15 bits per heavy atom. The van der Waals surface area contributed by atoms with Gasteiger partial charge in [0.1, 0.15) is 0 Å². The standard InChI is InChI=1S/C12H17ClN2O3S2/c1-8-11(19-12(13)14-8)20(16,17)15-6-7-18-10-5-3-2-4-9(10)15/h9-10H,2-7H2,1H3. The number of nitrogens with zero attached hydrogens (tertiary/aromatic N) is 2. The molecule has 2 aliphatic rings. The van der Waals surface area contributed by atoms with Crippen molar-refractivity contribution in [2.45, 2.75) is 49.0 Å². The van der Waals surface area contributed by atoms with Crippen molar-refractivity contribution in [2.75, 3.05) is 13.2 Å². The molecule has 1 aromatic rings. The lowest BCUT2D eigenvalue weighted by molar-refractivity contribution is -0.0585. The highest BCUT2D eigenvalue weighted by molar-refractivity contribution is 7.91. The van der Waals surface area contributed by atoms with E-state index in [2.05, 4.69) is 4.98 Å². The first-order valence-electron chi connectivity index (χ1n) is 6.76. The highest BCUT2D eigenvalue weighted by Gasteiger charge is 2.42. The molecule has 0 radical (unpaired) electrons. The number of fused-ring (bicyclic) bond motifs is 1. The van der Waals surface area contributed by atoms with Crippen molar-refractivity contribution >= 4 is 33.0 Å². The van der Waals surface area contributed by atoms with Crippen molar-refractivity contribution in [3.8, 4) is 0 Å². The predicted octanol–water partition coefficient (Wildman–Crippen LogP) is 2.44. The van der Waals surface area contributed by atoms with Gasteiger partial charge in [0.25, 0.3) is 10.0 Å². The summed E-state index contributed by atoms with van der Waals surface area (Å²) >= 11 is 6.89. The Labute approximate surface area is 128 Å². The van der Waals surface area contributed by atoms with E-state index < -0.39 is 10.0 Å². The molecule has 1 saturated heterocycles. The summed E-state index contributed by atoms with van der Waals surface area (Å²) in [6.07, 6.45) is 4.02. The summed E-state index contributed by atoms with van der Waals surface area (Å²) in [5, 5.41) is 0. The minimum absolute atomic E-state index is 0.0379. The molecule has 2 heterocycles. The van der Waals surface area contributed by atoms with Crippen LogP contribution in [0.15, 0.2) is 4.21 Å². The molecule has 1 saturated carbocycles. The molecule has 0 amide bonds. The van der Waals surface area contributed by atoms with Gasteiger partial charge in [-0.2, -0.15) is 4.31 Å². The lowest BCUT2D eigenvalue weighted by Crippen LogP contribution is -2.54. The van der Waals surface area contributed by atoms with Gasteiger partial charge in [0.2, 0.25) is 0 Å². The summed E-state index contributed by atoms with van der Waals surface area (Å²) in [6.45, 7) is 2.57. The molecule has 112 valence electrons. The predicted molar refractivity (Wildman–Crippen MR) is 77.7 cm³/mol. The summed E-state index contributed by atoms with van der Waals surface area (Å²) < 4.78 is 33.6. The largest absolute Gasteiger partial charge is 0.375 e. The van der Waals surface area contributed by atoms with Gasteiger partial charge in [-0.15, -0.1) is 0 Å². The van der Waals surface area contributed by atoms with Crippen LogP contribution in [0.5, 0.6) is 0 Å². The van der Waals surface area contributed by atoms with Crippen LogP contribution in [-0.4, -0.2) is 43.0 Å². The van der Waals surface area contributed by atoms with E-state index in [1.54, 1.807) is 11.2 Å². The van der Waals surface area contributed by atoms with Crippen molar-refractivity contribution in [3.63, 3.8) is 0 Å². The van der Waals surface area contributed by atoms with Crippen LogP contribution in [0.3, 0.4) is 0 Å². The lowest BCUT2D eigenvalue weighted by Gasteiger charge is -2.42. The van der Waals surface area contributed by atoms with Crippen molar-refractivity contribution in [3.05, 3.63) is 10.2 Å². The zero-order valence-electron chi connectivity index (χ0n) is 11.2. The molecule has 20 heavy (non-hydrogen) atoms. The maximum absolute atomic E-state index is 12.9. The average Bonchev–Trinajstić information content (AvgIpc) is 2.78. The molecule has 2 atom stereocenters. The number of rotatable bonds is 2. The summed E-state index contributed by atoms with van der Waals surface area (Å²) in [5.74, 6) is 0. The van der Waals surface area contributed by atoms with Gasteiger partial charge in [-0.3, -0.25) is 0 Å². The van der Waals surface area contributed by atoms with E-state index in [4.69, 9.17) is 16.3 Å². The SMILES string of the molecule is Cc1nc(Cl)sc1S(=O)(=O)N1CCOC2CCCCC21. The van der Waals surface area contributed by atoms with E-state index in [9.17, 15) is 8.42 Å². The Kier molecular flexibility index (Phi) is 4.07. The van der Waals surface area contributed by atoms with Gasteiger partial charge in [0, 0.05) is 6.54 Å². The third kappa shape index (κ3) is 2.50. The van der Waals surface area contributed by atoms with Crippen LogP contribution in [0, 0.1) is 6.92 Å². The number of aromatic nitrogens is 1. The Balaban J connectivity index is 1.95. The van der Waals surface area contributed by atoms with Gasteiger partial charge in [-0.05, 0) is 19.8 Å². The van der Waals surface area contributed by atoms with E-state index in [1.165, 1.54) is 0 Å². The zero-order chi connectivity index (χ0) is 14.3. The number of hydrogen-bond donors (Lipinski definition) is 0. The van der Waals surface area contributed by atoms with Gasteiger partial charge in [0.05, 0.1) is 24.4 Å². The van der Waals surface area contributed by atoms with Crippen molar-refractivity contribution in [1.82, 2.24) is 9.29 Å². The van der Waals surface area contributed by atoms with E-state index in [-0.39, 0.29) is 20.8 Å². The molecule has 2 fully saturated rings. The topological polar surface area (TPSA) is 59.5 Å². The molecule has 1 aliphatic heterocycles. The van der Waals surface area contributed by atoms with Crippen LogP contribution in [0.25, 0.3) is 0 Å². The second kappa shape index (κ2) is 5.53. The number of thiazole rings is 1. The Morgan fingerprint density at radius 1 is 1.40 bits per heavy atom. The maximum Gasteiger partial charge on any atom is 0.254 e.